The normalized spacial score (nSPS) is 12.2. The van der Waals surface area contributed by atoms with E-state index >= 15 is 0 Å². The molecule has 0 aliphatic carbocycles. The molecule has 0 fully saturated rings. The maximum Gasteiger partial charge on any atom is 0.318 e. The van der Waals surface area contributed by atoms with Crippen LogP contribution < -0.4 is 10.1 Å². The van der Waals surface area contributed by atoms with E-state index in [1.165, 1.54) is 7.11 Å². The third kappa shape index (κ3) is 3.52. The molecule has 1 atom stereocenters. The molecule has 0 saturated carbocycles. The molecular weight excluding hydrogens is 226 g/mol. The first-order valence-corrected chi connectivity index (χ1v) is 5.92. The lowest BCUT2D eigenvalue weighted by Gasteiger charge is -2.17. The number of nitrogens with one attached hydrogen (secondary N) is 1. The predicted molar refractivity (Wildman–Crippen MR) is 66.2 cm³/mol. The van der Waals surface area contributed by atoms with Crippen LogP contribution in [-0.2, 0) is 0 Å². The average Bonchev–Trinajstić information content (AvgIpc) is 2.31. The molecule has 4 nitrogen and oxygen atoms in total. The van der Waals surface area contributed by atoms with Crippen molar-refractivity contribution < 1.29 is 4.74 Å². The van der Waals surface area contributed by atoms with Gasteiger partial charge in [-0.2, -0.15) is 4.98 Å². The lowest BCUT2D eigenvalue weighted by molar-refractivity contribution is 0.380. The highest BCUT2D eigenvalue weighted by Crippen LogP contribution is 2.22. The molecule has 5 heteroatoms. The van der Waals surface area contributed by atoms with Gasteiger partial charge in [0, 0.05) is 6.04 Å². The van der Waals surface area contributed by atoms with Gasteiger partial charge in [-0.3, -0.25) is 0 Å². The second-order valence-corrected chi connectivity index (χ2v) is 4.00. The molecule has 0 spiro atoms. The fraction of sp³-hybridized carbons (Fsp3) is 0.636. The molecule has 1 N–H and O–H groups in total. The number of rotatable bonds is 6. The average molecular weight is 244 g/mol. The van der Waals surface area contributed by atoms with Crippen molar-refractivity contribution in [3.63, 3.8) is 0 Å². The van der Waals surface area contributed by atoms with Gasteiger partial charge in [0.05, 0.1) is 13.3 Å². The van der Waals surface area contributed by atoms with Crippen LogP contribution in [0.1, 0.15) is 33.1 Å². The molecule has 0 amide bonds. The van der Waals surface area contributed by atoms with E-state index in [1.807, 2.05) is 0 Å². The lowest BCUT2D eigenvalue weighted by atomic mass is 10.1. The second kappa shape index (κ2) is 6.53. The summed E-state index contributed by atoms with van der Waals surface area (Å²) in [4.78, 5) is 8.12. The quantitative estimate of drug-likeness (QED) is 0.834. The molecule has 0 saturated heterocycles. The summed E-state index contributed by atoms with van der Waals surface area (Å²) < 4.78 is 4.96. The largest absolute Gasteiger partial charge is 0.467 e. The highest BCUT2D eigenvalue weighted by molar-refractivity contribution is 6.32. The maximum atomic E-state index is 6.01. The predicted octanol–water partition coefficient (Wildman–Crippen LogP) is 3.13. The van der Waals surface area contributed by atoms with Gasteiger partial charge in [-0.25, -0.2) is 4.98 Å². The standard InChI is InChI=1S/C11H18ClN3O/c1-4-6-8(5-2)14-10-9(12)7-13-11(15-10)16-3/h7-8H,4-6H2,1-3H3,(H,13,14,15). The van der Waals surface area contributed by atoms with Gasteiger partial charge in [0.2, 0.25) is 0 Å². The first kappa shape index (κ1) is 13.0. The molecule has 0 aliphatic rings. The summed E-state index contributed by atoms with van der Waals surface area (Å²) in [5, 5.41) is 3.83. The van der Waals surface area contributed by atoms with Gasteiger partial charge in [0.15, 0.2) is 5.82 Å². The van der Waals surface area contributed by atoms with Crippen LogP contribution in [0.4, 0.5) is 5.82 Å². The van der Waals surface area contributed by atoms with Gasteiger partial charge in [-0.05, 0) is 12.8 Å². The van der Waals surface area contributed by atoms with Gasteiger partial charge in [-0.15, -0.1) is 0 Å². The minimum atomic E-state index is 0.332. The van der Waals surface area contributed by atoms with Crippen molar-refractivity contribution >= 4 is 17.4 Å². The van der Waals surface area contributed by atoms with E-state index < -0.39 is 0 Å². The number of anilines is 1. The summed E-state index contributed by atoms with van der Waals surface area (Å²) >= 11 is 6.01. The smallest absolute Gasteiger partial charge is 0.318 e. The van der Waals surface area contributed by atoms with Gasteiger partial charge in [0.1, 0.15) is 5.02 Å². The van der Waals surface area contributed by atoms with Crippen LogP contribution >= 0.6 is 11.6 Å². The van der Waals surface area contributed by atoms with Gasteiger partial charge >= 0.3 is 6.01 Å². The summed E-state index contributed by atoms with van der Waals surface area (Å²) in [6.07, 6.45) is 4.81. The SMILES string of the molecule is CCCC(CC)Nc1nc(OC)ncc1Cl. The van der Waals surface area contributed by atoms with E-state index in [-0.39, 0.29) is 0 Å². The number of aromatic nitrogens is 2. The molecule has 1 aromatic rings. The van der Waals surface area contributed by atoms with Crippen LogP contribution in [0.15, 0.2) is 6.20 Å². The Morgan fingerprint density at radius 2 is 2.25 bits per heavy atom. The third-order valence-electron chi connectivity index (χ3n) is 2.38. The summed E-state index contributed by atoms with van der Waals surface area (Å²) in [5.41, 5.74) is 0. The van der Waals surface area contributed by atoms with Crippen LogP contribution in [0.3, 0.4) is 0 Å². The number of hydrogen-bond acceptors (Lipinski definition) is 4. The molecule has 16 heavy (non-hydrogen) atoms. The molecule has 0 aromatic carbocycles. The first-order chi connectivity index (χ1) is 7.71. The molecule has 0 bridgehead atoms. The van der Waals surface area contributed by atoms with Crippen LogP contribution in [0, 0.1) is 0 Å². The molecular formula is C11H18ClN3O. The van der Waals surface area contributed by atoms with Crippen molar-refractivity contribution in [3.05, 3.63) is 11.2 Å². The molecule has 1 rings (SSSR count). The van der Waals surface area contributed by atoms with E-state index in [9.17, 15) is 0 Å². The van der Waals surface area contributed by atoms with Crippen LogP contribution in [-0.4, -0.2) is 23.1 Å². The van der Waals surface area contributed by atoms with Gasteiger partial charge < -0.3 is 10.1 Å². The molecule has 0 aliphatic heterocycles. The van der Waals surface area contributed by atoms with Crippen molar-refractivity contribution in [2.75, 3.05) is 12.4 Å². The summed E-state index contributed by atoms with van der Waals surface area (Å²) in [5.74, 6) is 0.647. The summed E-state index contributed by atoms with van der Waals surface area (Å²) in [6, 6.07) is 0.723. The zero-order valence-corrected chi connectivity index (χ0v) is 10.7. The minimum Gasteiger partial charge on any atom is -0.467 e. The molecule has 90 valence electrons. The van der Waals surface area contributed by atoms with Crippen LogP contribution in [0.2, 0.25) is 5.02 Å². The highest BCUT2D eigenvalue weighted by atomic mass is 35.5. The van der Waals surface area contributed by atoms with E-state index in [0.29, 0.717) is 22.9 Å². The van der Waals surface area contributed by atoms with Crippen LogP contribution in [0.25, 0.3) is 0 Å². The third-order valence-corrected chi connectivity index (χ3v) is 2.65. The molecule has 1 heterocycles. The van der Waals surface area contributed by atoms with Crippen molar-refractivity contribution in [2.45, 2.75) is 39.2 Å². The fourth-order valence-corrected chi connectivity index (χ4v) is 1.62. The van der Waals surface area contributed by atoms with Crippen molar-refractivity contribution in [3.8, 4) is 6.01 Å². The van der Waals surface area contributed by atoms with E-state index in [4.69, 9.17) is 16.3 Å². The maximum absolute atomic E-state index is 6.01. The van der Waals surface area contributed by atoms with Gasteiger partial charge in [0.25, 0.3) is 0 Å². The monoisotopic (exact) mass is 243 g/mol. The number of ether oxygens (including phenoxy) is 1. The Morgan fingerprint density at radius 3 is 2.81 bits per heavy atom. The zero-order valence-electron chi connectivity index (χ0n) is 9.96. The summed E-state index contributed by atoms with van der Waals surface area (Å²) in [7, 11) is 1.54. The molecule has 0 radical (unpaired) electrons. The van der Waals surface area contributed by atoms with Crippen molar-refractivity contribution in [1.82, 2.24) is 9.97 Å². The highest BCUT2D eigenvalue weighted by Gasteiger charge is 2.10. The number of nitrogens with zero attached hydrogens (tertiary/aromatic N) is 2. The van der Waals surface area contributed by atoms with E-state index in [2.05, 4.69) is 29.1 Å². The van der Waals surface area contributed by atoms with Gasteiger partial charge in [-0.1, -0.05) is 31.9 Å². The van der Waals surface area contributed by atoms with E-state index in [1.54, 1.807) is 6.20 Å². The number of halogens is 1. The Labute approximate surface area is 101 Å². The Kier molecular flexibility index (Phi) is 5.32. The first-order valence-electron chi connectivity index (χ1n) is 5.54. The zero-order chi connectivity index (χ0) is 12.0. The van der Waals surface area contributed by atoms with E-state index in [0.717, 1.165) is 19.3 Å². The minimum absolute atomic E-state index is 0.332. The molecule has 1 aromatic heterocycles. The summed E-state index contributed by atoms with van der Waals surface area (Å²) in [6.45, 7) is 4.30. The second-order valence-electron chi connectivity index (χ2n) is 3.59. The van der Waals surface area contributed by atoms with Crippen molar-refractivity contribution in [2.24, 2.45) is 0 Å². The lowest BCUT2D eigenvalue weighted by Crippen LogP contribution is -2.19. The Morgan fingerprint density at radius 1 is 1.50 bits per heavy atom. The Balaban J connectivity index is 2.77. The fourth-order valence-electron chi connectivity index (χ4n) is 1.47. The Bertz CT molecular complexity index is 333. The van der Waals surface area contributed by atoms with Crippen molar-refractivity contribution in [1.29, 1.82) is 0 Å². The number of methoxy groups -OCH3 is 1. The topological polar surface area (TPSA) is 47.0 Å². The Hall–Kier alpha value is -1.03. The van der Waals surface area contributed by atoms with Crippen LogP contribution in [0.5, 0.6) is 6.01 Å². The number of hydrogen-bond donors (Lipinski definition) is 1. The molecule has 1 unspecified atom stereocenters.